The van der Waals surface area contributed by atoms with Crippen LogP contribution >= 0.6 is 0 Å². The topological polar surface area (TPSA) is 54.3 Å². The third kappa shape index (κ3) is 3.35. The van der Waals surface area contributed by atoms with E-state index in [1.54, 1.807) is 0 Å². The number of amides is 1. The molecule has 1 heterocycles. The fraction of sp³-hybridized carbons (Fsp3) is 0.400. The molecule has 0 bridgehead atoms. The fourth-order valence-corrected chi connectivity index (χ4v) is 2.07. The van der Waals surface area contributed by atoms with Gasteiger partial charge in [0.05, 0.1) is 6.54 Å². The SMILES string of the molecule is CCCNC(=O)CNCc1c(C)oc2ccccc12. The zero-order valence-corrected chi connectivity index (χ0v) is 11.5. The van der Waals surface area contributed by atoms with Crippen molar-refractivity contribution in [3.05, 3.63) is 35.6 Å². The van der Waals surface area contributed by atoms with Crippen LogP contribution in [0.25, 0.3) is 11.0 Å². The molecule has 2 aromatic rings. The fourth-order valence-electron chi connectivity index (χ4n) is 2.07. The first-order chi connectivity index (χ1) is 9.22. The number of carbonyl (C=O) groups is 1. The molecule has 0 aliphatic rings. The first-order valence-corrected chi connectivity index (χ1v) is 6.66. The molecule has 0 saturated heterocycles. The zero-order chi connectivity index (χ0) is 13.7. The molecule has 0 aliphatic carbocycles. The van der Waals surface area contributed by atoms with Gasteiger partial charge >= 0.3 is 0 Å². The van der Waals surface area contributed by atoms with Crippen molar-refractivity contribution in [1.82, 2.24) is 10.6 Å². The largest absolute Gasteiger partial charge is 0.461 e. The molecule has 0 atom stereocenters. The van der Waals surface area contributed by atoms with Gasteiger partial charge in [-0.1, -0.05) is 25.1 Å². The van der Waals surface area contributed by atoms with Gasteiger partial charge in [0.1, 0.15) is 11.3 Å². The molecule has 0 saturated carbocycles. The van der Waals surface area contributed by atoms with E-state index in [1.807, 2.05) is 38.1 Å². The minimum absolute atomic E-state index is 0.0345. The minimum atomic E-state index is 0.0345. The van der Waals surface area contributed by atoms with E-state index in [9.17, 15) is 4.79 Å². The van der Waals surface area contributed by atoms with Crippen LogP contribution in [0.3, 0.4) is 0 Å². The maximum atomic E-state index is 11.5. The number of carbonyl (C=O) groups excluding carboxylic acids is 1. The summed E-state index contributed by atoms with van der Waals surface area (Å²) in [4.78, 5) is 11.5. The summed E-state index contributed by atoms with van der Waals surface area (Å²) in [6, 6.07) is 7.95. The Morgan fingerprint density at radius 1 is 1.32 bits per heavy atom. The minimum Gasteiger partial charge on any atom is -0.461 e. The van der Waals surface area contributed by atoms with Gasteiger partial charge in [-0.3, -0.25) is 4.79 Å². The van der Waals surface area contributed by atoms with Crippen molar-refractivity contribution >= 4 is 16.9 Å². The maximum Gasteiger partial charge on any atom is 0.233 e. The van der Waals surface area contributed by atoms with Crippen LogP contribution in [0.1, 0.15) is 24.7 Å². The Bertz CT molecular complexity index is 560. The van der Waals surface area contributed by atoms with Crippen LogP contribution < -0.4 is 10.6 Å². The van der Waals surface area contributed by atoms with Gasteiger partial charge in [-0.25, -0.2) is 0 Å². The molecule has 2 rings (SSSR count). The lowest BCUT2D eigenvalue weighted by molar-refractivity contribution is -0.120. The molecular formula is C15H20N2O2. The molecule has 19 heavy (non-hydrogen) atoms. The number of furan rings is 1. The maximum absolute atomic E-state index is 11.5. The molecule has 0 radical (unpaired) electrons. The highest BCUT2D eigenvalue weighted by atomic mass is 16.3. The lowest BCUT2D eigenvalue weighted by Gasteiger charge is -2.05. The second-order valence-corrected chi connectivity index (χ2v) is 4.59. The number of aryl methyl sites for hydroxylation is 1. The van der Waals surface area contributed by atoms with Crippen LogP contribution in [0.4, 0.5) is 0 Å². The predicted molar refractivity (Wildman–Crippen MR) is 76.0 cm³/mol. The zero-order valence-electron chi connectivity index (χ0n) is 11.5. The smallest absolute Gasteiger partial charge is 0.233 e. The van der Waals surface area contributed by atoms with Crippen LogP contribution in [0.5, 0.6) is 0 Å². The van der Waals surface area contributed by atoms with Crippen molar-refractivity contribution in [2.45, 2.75) is 26.8 Å². The summed E-state index contributed by atoms with van der Waals surface area (Å²) in [5.74, 6) is 0.940. The van der Waals surface area contributed by atoms with E-state index in [2.05, 4.69) is 10.6 Å². The highest BCUT2D eigenvalue weighted by molar-refractivity contribution is 5.82. The van der Waals surface area contributed by atoms with Crippen molar-refractivity contribution < 1.29 is 9.21 Å². The number of fused-ring (bicyclic) bond motifs is 1. The highest BCUT2D eigenvalue weighted by Crippen LogP contribution is 2.24. The van der Waals surface area contributed by atoms with Gasteiger partial charge in [0.25, 0.3) is 0 Å². The third-order valence-corrected chi connectivity index (χ3v) is 3.06. The Morgan fingerprint density at radius 3 is 2.89 bits per heavy atom. The quantitative estimate of drug-likeness (QED) is 0.838. The molecule has 0 unspecified atom stereocenters. The Kier molecular flexibility index (Phi) is 4.58. The van der Waals surface area contributed by atoms with E-state index in [0.717, 1.165) is 35.3 Å². The van der Waals surface area contributed by atoms with Gasteiger partial charge in [0, 0.05) is 24.0 Å². The molecule has 102 valence electrons. The normalized spacial score (nSPS) is 10.8. The van der Waals surface area contributed by atoms with E-state index in [0.29, 0.717) is 13.1 Å². The average molecular weight is 260 g/mol. The number of benzene rings is 1. The third-order valence-electron chi connectivity index (χ3n) is 3.06. The molecule has 1 amide bonds. The Hall–Kier alpha value is -1.81. The summed E-state index contributed by atoms with van der Waals surface area (Å²) in [5, 5.41) is 7.11. The monoisotopic (exact) mass is 260 g/mol. The number of hydrogen-bond donors (Lipinski definition) is 2. The first-order valence-electron chi connectivity index (χ1n) is 6.66. The van der Waals surface area contributed by atoms with Gasteiger partial charge < -0.3 is 15.1 Å². The highest BCUT2D eigenvalue weighted by Gasteiger charge is 2.10. The molecule has 2 N–H and O–H groups in total. The molecule has 4 heteroatoms. The Morgan fingerprint density at radius 2 is 2.11 bits per heavy atom. The lowest BCUT2D eigenvalue weighted by Crippen LogP contribution is -2.33. The molecule has 0 aliphatic heterocycles. The van der Waals surface area contributed by atoms with Gasteiger partial charge in [-0.05, 0) is 19.4 Å². The molecule has 1 aromatic carbocycles. The van der Waals surface area contributed by atoms with Crippen LogP contribution in [-0.2, 0) is 11.3 Å². The van der Waals surface area contributed by atoms with Gasteiger partial charge in [0.15, 0.2) is 0 Å². The van der Waals surface area contributed by atoms with Crippen LogP contribution in [0.2, 0.25) is 0 Å². The van der Waals surface area contributed by atoms with Gasteiger partial charge in [0.2, 0.25) is 5.91 Å². The average Bonchev–Trinajstić information content (AvgIpc) is 2.73. The van der Waals surface area contributed by atoms with Crippen molar-refractivity contribution in [2.24, 2.45) is 0 Å². The van der Waals surface area contributed by atoms with Crippen molar-refractivity contribution in [1.29, 1.82) is 0 Å². The van der Waals surface area contributed by atoms with Crippen LogP contribution in [0, 0.1) is 6.92 Å². The first kappa shape index (κ1) is 13.6. The summed E-state index contributed by atoms with van der Waals surface area (Å²) >= 11 is 0. The van der Waals surface area contributed by atoms with E-state index < -0.39 is 0 Å². The molecule has 4 nitrogen and oxygen atoms in total. The van der Waals surface area contributed by atoms with Crippen molar-refractivity contribution in [2.75, 3.05) is 13.1 Å². The number of nitrogens with one attached hydrogen (secondary N) is 2. The molecule has 0 spiro atoms. The van der Waals surface area contributed by atoms with Gasteiger partial charge in [-0.2, -0.15) is 0 Å². The summed E-state index contributed by atoms with van der Waals surface area (Å²) in [6.07, 6.45) is 0.956. The standard InChI is InChI=1S/C15H20N2O2/c1-3-8-17-15(18)10-16-9-13-11(2)19-14-7-5-4-6-12(13)14/h4-7,16H,3,8-10H2,1-2H3,(H,17,18). The summed E-state index contributed by atoms with van der Waals surface area (Å²) in [6.45, 7) is 5.69. The van der Waals surface area contributed by atoms with Gasteiger partial charge in [-0.15, -0.1) is 0 Å². The lowest BCUT2D eigenvalue weighted by atomic mass is 10.1. The molecule has 1 aromatic heterocycles. The van der Waals surface area contributed by atoms with E-state index in [-0.39, 0.29) is 5.91 Å². The summed E-state index contributed by atoms with van der Waals surface area (Å²) in [5.41, 5.74) is 2.02. The Labute approximate surface area is 113 Å². The predicted octanol–water partition coefficient (Wildman–Crippen LogP) is 2.36. The van der Waals surface area contributed by atoms with E-state index in [1.165, 1.54) is 0 Å². The Balaban J connectivity index is 1.94. The summed E-state index contributed by atoms with van der Waals surface area (Å²) < 4.78 is 5.68. The number of rotatable bonds is 6. The summed E-state index contributed by atoms with van der Waals surface area (Å²) in [7, 11) is 0. The van der Waals surface area contributed by atoms with Crippen LogP contribution in [0.15, 0.2) is 28.7 Å². The molecular weight excluding hydrogens is 240 g/mol. The number of para-hydroxylation sites is 1. The second-order valence-electron chi connectivity index (χ2n) is 4.59. The van der Waals surface area contributed by atoms with Crippen molar-refractivity contribution in [3.63, 3.8) is 0 Å². The molecule has 0 fully saturated rings. The van der Waals surface area contributed by atoms with E-state index >= 15 is 0 Å². The van der Waals surface area contributed by atoms with Crippen LogP contribution in [-0.4, -0.2) is 19.0 Å². The number of hydrogen-bond acceptors (Lipinski definition) is 3. The second kappa shape index (κ2) is 6.38. The van der Waals surface area contributed by atoms with E-state index in [4.69, 9.17) is 4.42 Å². The van der Waals surface area contributed by atoms with Crippen molar-refractivity contribution in [3.8, 4) is 0 Å².